The molecule has 2 heterocycles. The van der Waals surface area contributed by atoms with Gasteiger partial charge in [0, 0.05) is 11.9 Å². The first-order valence-electron chi connectivity index (χ1n) is 6.53. The summed E-state index contributed by atoms with van der Waals surface area (Å²) in [6.45, 7) is 6.43. The van der Waals surface area contributed by atoms with Crippen molar-refractivity contribution < 1.29 is 4.74 Å². The van der Waals surface area contributed by atoms with Crippen molar-refractivity contribution >= 4 is 11.3 Å². The summed E-state index contributed by atoms with van der Waals surface area (Å²) in [5.74, 6) is 0.784. The molecule has 0 amide bonds. The molecule has 0 atom stereocenters. The van der Waals surface area contributed by atoms with E-state index < -0.39 is 0 Å². The number of pyridine rings is 1. The standard InChI is InChI=1S/C14H19N3OS/c1-3-14-17-12(10-19-14)9-18-13-6-5-11(16-8-13)7-15-4-2/h5-6,8,10,15H,3-4,7,9H2,1-2H3. The van der Waals surface area contributed by atoms with Gasteiger partial charge in [0.15, 0.2) is 0 Å². The van der Waals surface area contributed by atoms with Crippen molar-refractivity contribution in [3.05, 3.63) is 40.1 Å². The molecular formula is C14H19N3OS. The Morgan fingerprint density at radius 1 is 1.26 bits per heavy atom. The lowest BCUT2D eigenvalue weighted by atomic mass is 10.3. The Hall–Kier alpha value is -1.46. The van der Waals surface area contributed by atoms with Crippen LogP contribution in [0.5, 0.6) is 5.75 Å². The van der Waals surface area contributed by atoms with Crippen molar-refractivity contribution in [1.82, 2.24) is 15.3 Å². The lowest BCUT2D eigenvalue weighted by Gasteiger charge is -2.05. The van der Waals surface area contributed by atoms with Crippen LogP contribution in [0.3, 0.4) is 0 Å². The van der Waals surface area contributed by atoms with Gasteiger partial charge in [-0.25, -0.2) is 4.98 Å². The molecule has 0 saturated heterocycles. The molecule has 0 radical (unpaired) electrons. The second-order valence-corrected chi connectivity index (χ2v) is 5.08. The largest absolute Gasteiger partial charge is 0.486 e. The van der Waals surface area contributed by atoms with Gasteiger partial charge in [0.25, 0.3) is 0 Å². The molecule has 102 valence electrons. The zero-order valence-electron chi connectivity index (χ0n) is 11.3. The molecule has 0 spiro atoms. The Morgan fingerprint density at radius 2 is 2.16 bits per heavy atom. The van der Waals surface area contributed by atoms with E-state index in [1.165, 1.54) is 0 Å². The van der Waals surface area contributed by atoms with Gasteiger partial charge < -0.3 is 10.1 Å². The molecular weight excluding hydrogens is 258 g/mol. The van der Waals surface area contributed by atoms with Crippen molar-refractivity contribution in [3.8, 4) is 5.75 Å². The lowest BCUT2D eigenvalue weighted by molar-refractivity contribution is 0.300. The predicted octanol–water partition coefficient (Wildman–Crippen LogP) is 2.79. The normalized spacial score (nSPS) is 10.6. The van der Waals surface area contributed by atoms with Crippen LogP contribution < -0.4 is 10.1 Å². The molecule has 0 aliphatic heterocycles. The monoisotopic (exact) mass is 277 g/mol. The number of rotatable bonds is 7. The maximum Gasteiger partial charge on any atom is 0.138 e. The summed E-state index contributed by atoms with van der Waals surface area (Å²) in [5, 5.41) is 6.44. The fourth-order valence-electron chi connectivity index (χ4n) is 1.59. The topological polar surface area (TPSA) is 47.0 Å². The van der Waals surface area contributed by atoms with E-state index in [4.69, 9.17) is 4.74 Å². The van der Waals surface area contributed by atoms with E-state index in [2.05, 4.69) is 29.1 Å². The summed E-state index contributed by atoms with van der Waals surface area (Å²) in [5.41, 5.74) is 2.01. The number of aryl methyl sites for hydroxylation is 1. The number of hydrogen-bond donors (Lipinski definition) is 1. The van der Waals surface area contributed by atoms with Crippen LogP contribution in [-0.4, -0.2) is 16.5 Å². The Labute approximate surface area is 117 Å². The van der Waals surface area contributed by atoms with Crippen molar-refractivity contribution in [2.24, 2.45) is 0 Å². The lowest BCUT2D eigenvalue weighted by Crippen LogP contribution is -2.12. The van der Waals surface area contributed by atoms with E-state index in [1.807, 2.05) is 17.5 Å². The molecule has 0 saturated carbocycles. The maximum absolute atomic E-state index is 5.67. The van der Waals surface area contributed by atoms with E-state index in [0.29, 0.717) is 6.61 Å². The molecule has 1 N–H and O–H groups in total. The van der Waals surface area contributed by atoms with Gasteiger partial charge in [-0.2, -0.15) is 0 Å². The Bertz CT molecular complexity index is 496. The minimum Gasteiger partial charge on any atom is -0.486 e. The van der Waals surface area contributed by atoms with Gasteiger partial charge in [-0.05, 0) is 25.1 Å². The molecule has 2 aromatic heterocycles. The number of ether oxygens (including phenoxy) is 1. The molecule has 0 aliphatic rings. The van der Waals surface area contributed by atoms with Crippen LogP contribution in [0.25, 0.3) is 0 Å². The minimum absolute atomic E-state index is 0.505. The third-order valence-corrected chi connectivity index (χ3v) is 3.68. The van der Waals surface area contributed by atoms with Crippen molar-refractivity contribution in [2.45, 2.75) is 33.4 Å². The average Bonchev–Trinajstić information content (AvgIpc) is 2.92. The highest BCUT2D eigenvalue weighted by atomic mass is 32.1. The van der Waals surface area contributed by atoms with Gasteiger partial charge in [0.2, 0.25) is 0 Å². The maximum atomic E-state index is 5.67. The number of hydrogen-bond acceptors (Lipinski definition) is 5. The van der Waals surface area contributed by atoms with E-state index in [9.17, 15) is 0 Å². The number of nitrogens with zero attached hydrogens (tertiary/aromatic N) is 2. The summed E-state index contributed by atoms with van der Waals surface area (Å²) < 4.78 is 5.67. The first kappa shape index (κ1) is 14.0. The van der Waals surface area contributed by atoms with Gasteiger partial charge in [0.05, 0.1) is 22.6 Å². The smallest absolute Gasteiger partial charge is 0.138 e. The zero-order chi connectivity index (χ0) is 13.5. The van der Waals surface area contributed by atoms with E-state index in [-0.39, 0.29) is 0 Å². The van der Waals surface area contributed by atoms with Crippen molar-refractivity contribution in [2.75, 3.05) is 6.54 Å². The third kappa shape index (κ3) is 4.29. The molecule has 19 heavy (non-hydrogen) atoms. The number of thiazole rings is 1. The van der Waals surface area contributed by atoms with Crippen LogP contribution in [0.15, 0.2) is 23.7 Å². The molecule has 0 fully saturated rings. The van der Waals surface area contributed by atoms with Crippen molar-refractivity contribution in [3.63, 3.8) is 0 Å². The van der Waals surface area contributed by atoms with Gasteiger partial charge in [-0.15, -0.1) is 11.3 Å². The van der Waals surface area contributed by atoms with Crippen molar-refractivity contribution in [1.29, 1.82) is 0 Å². The average molecular weight is 277 g/mol. The molecule has 5 heteroatoms. The Balaban J connectivity index is 1.85. The fraction of sp³-hybridized carbons (Fsp3) is 0.429. The van der Waals surface area contributed by atoms with Crippen LogP contribution in [0, 0.1) is 0 Å². The quantitative estimate of drug-likeness (QED) is 0.845. The second-order valence-electron chi connectivity index (χ2n) is 4.14. The first-order chi connectivity index (χ1) is 9.31. The summed E-state index contributed by atoms with van der Waals surface area (Å²) in [6.07, 6.45) is 2.74. The predicted molar refractivity (Wildman–Crippen MR) is 77.4 cm³/mol. The van der Waals surface area contributed by atoms with E-state index in [1.54, 1.807) is 17.5 Å². The summed E-state index contributed by atoms with van der Waals surface area (Å²) in [4.78, 5) is 8.81. The molecule has 2 aromatic rings. The molecule has 0 aliphatic carbocycles. The van der Waals surface area contributed by atoms with Crippen LogP contribution in [0.4, 0.5) is 0 Å². The van der Waals surface area contributed by atoms with Gasteiger partial charge >= 0.3 is 0 Å². The van der Waals surface area contributed by atoms with Crippen LogP contribution in [0.1, 0.15) is 30.2 Å². The van der Waals surface area contributed by atoms with Crippen LogP contribution in [-0.2, 0) is 19.6 Å². The summed E-state index contributed by atoms with van der Waals surface area (Å²) >= 11 is 1.68. The highest BCUT2D eigenvalue weighted by Crippen LogP contribution is 2.14. The molecule has 0 aromatic carbocycles. The Kier molecular flexibility index (Phi) is 5.30. The number of nitrogens with one attached hydrogen (secondary N) is 1. The summed E-state index contributed by atoms with van der Waals surface area (Å²) in [7, 11) is 0. The molecule has 0 unspecified atom stereocenters. The van der Waals surface area contributed by atoms with E-state index in [0.717, 1.165) is 41.7 Å². The van der Waals surface area contributed by atoms with Crippen LogP contribution in [0.2, 0.25) is 0 Å². The SMILES string of the molecule is CCNCc1ccc(OCc2csc(CC)n2)cn1. The minimum atomic E-state index is 0.505. The highest BCUT2D eigenvalue weighted by Gasteiger charge is 2.02. The third-order valence-electron chi connectivity index (χ3n) is 2.64. The Morgan fingerprint density at radius 3 is 2.79 bits per heavy atom. The molecule has 0 bridgehead atoms. The summed E-state index contributed by atoms with van der Waals surface area (Å²) in [6, 6.07) is 3.93. The van der Waals surface area contributed by atoms with E-state index >= 15 is 0 Å². The number of aromatic nitrogens is 2. The van der Waals surface area contributed by atoms with Gasteiger partial charge in [0.1, 0.15) is 12.4 Å². The van der Waals surface area contributed by atoms with Crippen LogP contribution >= 0.6 is 11.3 Å². The van der Waals surface area contributed by atoms with Gasteiger partial charge in [-0.1, -0.05) is 13.8 Å². The molecule has 2 rings (SSSR count). The second kappa shape index (κ2) is 7.21. The highest BCUT2D eigenvalue weighted by molar-refractivity contribution is 7.09. The fourth-order valence-corrected chi connectivity index (χ4v) is 2.32. The molecule has 4 nitrogen and oxygen atoms in total. The zero-order valence-corrected chi connectivity index (χ0v) is 12.2. The first-order valence-corrected chi connectivity index (χ1v) is 7.41. The van der Waals surface area contributed by atoms with Gasteiger partial charge in [-0.3, -0.25) is 4.98 Å².